The Kier molecular flexibility index (Phi) is 6.87. The average molecular weight is 283 g/mol. The fraction of sp³-hybridized carbons (Fsp3) is 0.625. The lowest BCUT2D eigenvalue weighted by molar-refractivity contribution is 0.398. The topological polar surface area (TPSA) is 12.0 Å². The van der Waals surface area contributed by atoms with Crippen molar-refractivity contribution in [1.82, 2.24) is 5.32 Å². The summed E-state index contributed by atoms with van der Waals surface area (Å²) < 4.78 is 13.0. The summed E-state index contributed by atoms with van der Waals surface area (Å²) in [4.78, 5) is 0. The van der Waals surface area contributed by atoms with E-state index in [0.29, 0.717) is 5.92 Å². The summed E-state index contributed by atoms with van der Waals surface area (Å²) in [7, 11) is 0. The van der Waals surface area contributed by atoms with E-state index in [2.05, 4.69) is 32.3 Å². The number of halogens is 1. The van der Waals surface area contributed by atoms with E-state index in [-0.39, 0.29) is 11.4 Å². The van der Waals surface area contributed by atoms with Crippen molar-refractivity contribution >= 4 is 11.8 Å². The van der Waals surface area contributed by atoms with Crippen LogP contribution in [0.1, 0.15) is 45.1 Å². The molecule has 1 atom stereocenters. The molecular weight excluding hydrogens is 257 g/mol. The first-order valence-corrected chi connectivity index (χ1v) is 8.31. The maximum Gasteiger partial charge on any atom is 0.123 e. The number of nitrogens with one attached hydrogen (secondary N) is 1. The van der Waals surface area contributed by atoms with Gasteiger partial charge < -0.3 is 5.32 Å². The summed E-state index contributed by atoms with van der Waals surface area (Å²) in [6.07, 6.45) is 4.49. The van der Waals surface area contributed by atoms with Crippen molar-refractivity contribution < 1.29 is 4.39 Å². The zero-order valence-electron chi connectivity index (χ0n) is 12.5. The molecule has 19 heavy (non-hydrogen) atoms. The minimum absolute atomic E-state index is 0.123. The monoisotopic (exact) mass is 283 g/mol. The molecule has 0 heterocycles. The van der Waals surface area contributed by atoms with Gasteiger partial charge in [0.1, 0.15) is 5.82 Å². The third-order valence-corrected chi connectivity index (χ3v) is 3.82. The van der Waals surface area contributed by atoms with Crippen LogP contribution < -0.4 is 5.32 Å². The highest BCUT2D eigenvalue weighted by atomic mass is 32.2. The van der Waals surface area contributed by atoms with Crippen molar-refractivity contribution in [3.8, 4) is 0 Å². The first kappa shape index (κ1) is 16.5. The molecule has 1 rings (SSSR count). The number of hydrogen-bond acceptors (Lipinski definition) is 2. The van der Waals surface area contributed by atoms with Crippen LogP contribution in [0.15, 0.2) is 24.3 Å². The van der Waals surface area contributed by atoms with Crippen LogP contribution in [0.3, 0.4) is 0 Å². The Labute approximate surface area is 121 Å². The van der Waals surface area contributed by atoms with E-state index in [9.17, 15) is 4.39 Å². The van der Waals surface area contributed by atoms with Gasteiger partial charge in [-0.1, -0.05) is 12.1 Å². The van der Waals surface area contributed by atoms with Crippen molar-refractivity contribution in [2.45, 2.75) is 45.1 Å². The van der Waals surface area contributed by atoms with Gasteiger partial charge in [-0.05, 0) is 69.2 Å². The molecule has 0 aliphatic rings. The molecule has 0 aliphatic carbocycles. The molecule has 0 saturated carbocycles. The lowest BCUT2D eigenvalue weighted by Crippen LogP contribution is -2.38. The Hall–Kier alpha value is -0.540. The molecule has 0 bridgehead atoms. The van der Waals surface area contributed by atoms with Gasteiger partial charge in [0.25, 0.3) is 0 Å². The largest absolute Gasteiger partial charge is 0.311 e. The molecule has 1 N–H and O–H groups in total. The van der Waals surface area contributed by atoms with Crippen LogP contribution in [0.2, 0.25) is 0 Å². The molecular formula is C16H26FNS. The van der Waals surface area contributed by atoms with Crippen LogP contribution >= 0.6 is 11.8 Å². The summed E-state index contributed by atoms with van der Waals surface area (Å²) in [5.41, 5.74) is 1.36. The zero-order chi connectivity index (χ0) is 14.3. The third kappa shape index (κ3) is 6.98. The lowest BCUT2D eigenvalue weighted by Gasteiger charge is -2.25. The van der Waals surface area contributed by atoms with E-state index in [1.54, 1.807) is 12.1 Å². The van der Waals surface area contributed by atoms with Crippen LogP contribution in [0, 0.1) is 5.82 Å². The fourth-order valence-electron chi connectivity index (χ4n) is 2.02. The molecule has 0 saturated heterocycles. The Morgan fingerprint density at radius 1 is 1.21 bits per heavy atom. The molecule has 1 unspecified atom stereocenters. The van der Waals surface area contributed by atoms with Crippen molar-refractivity contribution in [2.75, 3.05) is 18.6 Å². The zero-order valence-corrected chi connectivity index (χ0v) is 13.3. The van der Waals surface area contributed by atoms with Gasteiger partial charge in [0, 0.05) is 12.1 Å². The minimum atomic E-state index is -0.157. The van der Waals surface area contributed by atoms with E-state index in [4.69, 9.17) is 0 Å². The highest BCUT2D eigenvalue weighted by molar-refractivity contribution is 7.98. The smallest absolute Gasteiger partial charge is 0.123 e. The van der Waals surface area contributed by atoms with Crippen molar-refractivity contribution in [2.24, 2.45) is 0 Å². The molecule has 3 heteroatoms. The maximum atomic E-state index is 13.0. The molecule has 1 aromatic carbocycles. The molecule has 0 aliphatic heterocycles. The minimum Gasteiger partial charge on any atom is -0.311 e. The van der Waals surface area contributed by atoms with E-state index in [1.807, 2.05) is 23.9 Å². The van der Waals surface area contributed by atoms with Crippen LogP contribution in [0.5, 0.6) is 0 Å². The van der Waals surface area contributed by atoms with E-state index in [0.717, 1.165) is 13.0 Å². The van der Waals surface area contributed by atoms with E-state index in [1.165, 1.54) is 17.7 Å². The lowest BCUT2D eigenvalue weighted by atomic mass is 9.93. The summed E-state index contributed by atoms with van der Waals surface area (Å²) >= 11 is 1.88. The predicted octanol–water partition coefficient (Wildman–Crippen LogP) is 4.44. The SMILES string of the molecule is CSCCCC(CNC(C)(C)C)c1ccc(F)cc1. The number of rotatable bonds is 7. The van der Waals surface area contributed by atoms with Gasteiger partial charge in [0.15, 0.2) is 0 Å². The van der Waals surface area contributed by atoms with Crippen molar-refractivity contribution in [3.63, 3.8) is 0 Å². The van der Waals surface area contributed by atoms with Crippen LogP contribution in [-0.4, -0.2) is 24.1 Å². The summed E-state index contributed by atoms with van der Waals surface area (Å²) in [5, 5.41) is 3.56. The highest BCUT2D eigenvalue weighted by Gasteiger charge is 2.15. The fourth-order valence-corrected chi connectivity index (χ4v) is 2.48. The number of hydrogen-bond donors (Lipinski definition) is 1. The van der Waals surface area contributed by atoms with Gasteiger partial charge in [-0.2, -0.15) is 11.8 Å². The van der Waals surface area contributed by atoms with Crippen molar-refractivity contribution in [3.05, 3.63) is 35.6 Å². The molecule has 108 valence electrons. The van der Waals surface area contributed by atoms with Crippen LogP contribution in [0.4, 0.5) is 4.39 Å². The standard InChI is InChI=1S/C16H26FNS/c1-16(2,3)18-12-14(6-5-11-19-4)13-7-9-15(17)10-8-13/h7-10,14,18H,5-6,11-12H2,1-4H3. The first-order chi connectivity index (χ1) is 8.92. The summed E-state index contributed by atoms with van der Waals surface area (Å²) in [6.45, 7) is 7.48. The van der Waals surface area contributed by atoms with Gasteiger partial charge in [-0.3, -0.25) is 0 Å². The van der Waals surface area contributed by atoms with Gasteiger partial charge in [-0.15, -0.1) is 0 Å². The molecule has 0 amide bonds. The quantitative estimate of drug-likeness (QED) is 0.742. The Morgan fingerprint density at radius 3 is 2.37 bits per heavy atom. The average Bonchev–Trinajstić information content (AvgIpc) is 2.34. The first-order valence-electron chi connectivity index (χ1n) is 6.92. The molecule has 0 aromatic heterocycles. The second kappa shape index (κ2) is 7.91. The normalized spacial score (nSPS) is 13.5. The molecule has 0 radical (unpaired) electrons. The van der Waals surface area contributed by atoms with Crippen LogP contribution in [0.25, 0.3) is 0 Å². The summed E-state index contributed by atoms with van der Waals surface area (Å²) in [6, 6.07) is 6.97. The van der Waals surface area contributed by atoms with Crippen LogP contribution in [-0.2, 0) is 0 Å². The second-order valence-electron chi connectivity index (χ2n) is 6.01. The second-order valence-corrected chi connectivity index (χ2v) is 7.00. The molecule has 0 fully saturated rings. The number of thioether (sulfide) groups is 1. The molecule has 1 nitrogen and oxygen atoms in total. The Morgan fingerprint density at radius 2 is 1.84 bits per heavy atom. The van der Waals surface area contributed by atoms with Crippen molar-refractivity contribution in [1.29, 1.82) is 0 Å². The van der Waals surface area contributed by atoms with Gasteiger partial charge in [0.05, 0.1) is 0 Å². The Bertz CT molecular complexity index is 356. The third-order valence-electron chi connectivity index (χ3n) is 3.12. The predicted molar refractivity (Wildman–Crippen MR) is 84.5 cm³/mol. The number of benzene rings is 1. The van der Waals surface area contributed by atoms with Gasteiger partial charge in [0.2, 0.25) is 0 Å². The van der Waals surface area contributed by atoms with E-state index >= 15 is 0 Å². The maximum absolute atomic E-state index is 13.0. The summed E-state index contributed by atoms with van der Waals surface area (Å²) in [5.74, 6) is 1.50. The Balaban J connectivity index is 2.65. The van der Waals surface area contributed by atoms with E-state index < -0.39 is 0 Å². The molecule has 0 spiro atoms. The molecule has 1 aromatic rings. The highest BCUT2D eigenvalue weighted by Crippen LogP contribution is 2.22. The van der Waals surface area contributed by atoms with Gasteiger partial charge >= 0.3 is 0 Å². The van der Waals surface area contributed by atoms with Gasteiger partial charge in [-0.25, -0.2) is 4.39 Å².